The van der Waals surface area contributed by atoms with Gasteiger partial charge in [-0.25, -0.2) is 0 Å². The molecule has 0 spiro atoms. The van der Waals surface area contributed by atoms with E-state index in [0.717, 1.165) is 24.4 Å². The summed E-state index contributed by atoms with van der Waals surface area (Å²) in [5, 5.41) is 2.62. The Morgan fingerprint density at radius 3 is 2.05 bits per heavy atom. The molecule has 0 radical (unpaired) electrons. The van der Waals surface area contributed by atoms with Gasteiger partial charge in [0.1, 0.15) is 11.5 Å². The van der Waals surface area contributed by atoms with E-state index in [0.29, 0.717) is 5.56 Å². The van der Waals surface area contributed by atoms with Crippen molar-refractivity contribution in [3.8, 4) is 17.2 Å². The van der Waals surface area contributed by atoms with Crippen LogP contribution in [0.5, 0.6) is 17.2 Å². The average Bonchev–Trinajstić information content (AvgIpc) is 2.50. The molecule has 2 rings (SSSR count). The van der Waals surface area contributed by atoms with Crippen molar-refractivity contribution in [1.29, 1.82) is 0 Å². The topological polar surface area (TPSA) is 47.6 Å². The summed E-state index contributed by atoms with van der Waals surface area (Å²) in [7, 11) is 3.24. The predicted octanol–water partition coefficient (Wildman–Crippen LogP) is 4.06. The summed E-state index contributed by atoms with van der Waals surface area (Å²) >= 11 is 4.34. The van der Waals surface area contributed by atoms with Crippen LogP contribution in [-0.4, -0.2) is 20.1 Å². The van der Waals surface area contributed by atoms with Gasteiger partial charge in [0.15, 0.2) is 5.75 Å². The minimum Gasteiger partial charge on any atom is -0.497 e. The number of hydrogen-bond acceptors (Lipinski definition) is 3. The second-order valence-electron chi connectivity index (χ2n) is 4.13. The van der Waals surface area contributed by atoms with Gasteiger partial charge in [0.05, 0.1) is 14.3 Å². The minimum absolute atomic E-state index is 0.109. The second-order valence-corrected chi connectivity index (χ2v) is 6.45. The Morgan fingerprint density at radius 1 is 1.05 bits per heavy atom. The first-order chi connectivity index (χ1) is 10.0. The molecule has 0 heterocycles. The molecule has 1 amide bonds. The van der Waals surface area contributed by atoms with Gasteiger partial charge in [0.2, 0.25) is 0 Å². The van der Waals surface area contributed by atoms with E-state index in [4.69, 9.17) is 9.47 Å². The zero-order valence-corrected chi connectivity index (χ0v) is 15.8. The zero-order valence-electron chi connectivity index (χ0n) is 11.4. The Kier molecular flexibility index (Phi) is 5.68. The molecule has 110 valence electrons. The van der Waals surface area contributed by atoms with Gasteiger partial charge in [-0.05, 0) is 81.6 Å². The molecule has 0 fully saturated rings. The Hall–Kier alpha value is -1.03. The molecule has 0 aliphatic carbocycles. The fourth-order valence-electron chi connectivity index (χ4n) is 1.69. The second kappa shape index (κ2) is 7.30. The maximum atomic E-state index is 11.7. The van der Waals surface area contributed by atoms with Gasteiger partial charge in [0, 0.05) is 12.6 Å². The normalized spacial score (nSPS) is 10.1. The van der Waals surface area contributed by atoms with Crippen molar-refractivity contribution in [3.63, 3.8) is 0 Å². The Labute approximate surface area is 150 Å². The van der Waals surface area contributed by atoms with Gasteiger partial charge in [-0.3, -0.25) is 4.79 Å². The summed E-state index contributed by atoms with van der Waals surface area (Å²) < 4.78 is 12.8. The van der Waals surface area contributed by atoms with E-state index >= 15 is 0 Å². The van der Waals surface area contributed by atoms with Gasteiger partial charge in [-0.2, -0.15) is 0 Å². The van der Waals surface area contributed by atoms with Crippen LogP contribution in [0.4, 0.5) is 0 Å². The number of benzene rings is 2. The molecule has 2 aromatic rings. The molecular weight excluding hydrogens is 496 g/mol. The highest BCUT2D eigenvalue weighted by Crippen LogP contribution is 2.33. The summed E-state index contributed by atoms with van der Waals surface area (Å²) in [6, 6.07) is 11.0. The first kappa shape index (κ1) is 16.3. The molecule has 0 bridgehead atoms. The van der Waals surface area contributed by atoms with E-state index in [1.807, 2.05) is 24.3 Å². The van der Waals surface area contributed by atoms with E-state index < -0.39 is 0 Å². The molecule has 0 saturated carbocycles. The molecule has 0 atom stereocenters. The number of rotatable bonds is 4. The molecule has 0 aliphatic rings. The largest absolute Gasteiger partial charge is 0.497 e. The summed E-state index contributed by atoms with van der Waals surface area (Å²) in [5.41, 5.74) is 0.619. The molecule has 0 unspecified atom stereocenters. The number of hydrogen-bond donors (Lipinski definition) is 1. The molecule has 2 aromatic carbocycles. The average molecular weight is 509 g/mol. The highest BCUT2D eigenvalue weighted by molar-refractivity contribution is 14.1. The van der Waals surface area contributed by atoms with E-state index in [-0.39, 0.29) is 5.91 Å². The maximum Gasteiger partial charge on any atom is 0.251 e. The van der Waals surface area contributed by atoms with Crippen LogP contribution in [0.15, 0.2) is 36.4 Å². The highest BCUT2D eigenvalue weighted by Gasteiger charge is 2.13. The van der Waals surface area contributed by atoms with E-state index in [1.54, 1.807) is 26.3 Å². The molecule has 21 heavy (non-hydrogen) atoms. The summed E-state index contributed by atoms with van der Waals surface area (Å²) in [6.45, 7) is 0. The molecule has 6 heteroatoms. The van der Waals surface area contributed by atoms with Gasteiger partial charge >= 0.3 is 0 Å². The lowest BCUT2D eigenvalue weighted by molar-refractivity contribution is 0.0963. The highest BCUT2D eigenvalue weighted by atomic mass is 127. The third kappa shape index (κ3) is 4.00. The standard InChI is InChI=1S/C15H13I2NO3/c1-18-15(19)9-7-12(16)14(13(17)8-9)21-11-5-3-10(20-2)4-6-11/h3-8H,1-2H3,(H,18,19). The van der Waals surface area contributed by atoms with Crippen LogP contribution in [0.2, 0.25) is 0 Å². The lowest BCUT2D eigenvalue weighted by Crippen LogP contribution is -2.18. The van der Waals surface area contributed by atoms with Crippen molar-refractivity contribution in [2.75, 3.05) is 14.2 Å². The third-order valence-corrected chi connectivity index (χ3v) is 4.37. The zero-order chi connectivity index (χ0) is 15.4. The number of ether oxygens (including phenoxy) is 2. The van der Waals surface area contributed by atoms with Gasteiger partial charge in [-0.15, -0.1) is 0 Å². The first-order valence-corrected chi connectivity index (χ1v) is 8.24. The van der Waals surface area contributed by atoms with Crippen LogP contribution >= 0.6 is 45.2 Å². The number of carbonyl (C=O) groups is 1. The van der Waals surface area contributed by atoms with E-state index in [1.165, 1.54) is 0 Å². The van der Waals surface area contributed by atoms with Crippen LogP contribution in [0.1, 0.15) is 10.4 Å². The smallest absolute Gasteiger partial charge is 0.251 e. The molecule has 0 aliphatic heterocycles. The van der Waals surface area contributed by atoms with E-state index in [9.17, 15) is 4.79 Å². The van der Waals surface area contributed by atoms with Crippen LogP contribution in [0.3, 0.4) is 0 Å². The predicted molar refractivity (Wildman–Crippen MR) is 98.3 cm³/mol. The van der Waals surface area contributed by atoms with Crippen LogP contribution in [0, 0.1) is 7.14 Å². The quantitative estimate of drug-likeness (QED) is 0.634. The number of methoxy groups -OCH3 is 1. The Morgan fingerprint density at radius 2 is 1.57 bits per heavy atom. The molecular formula is C15H13I2NO3. The summed E-state index contributed by atoms with van der Waals surface area (Å²) in [4.78, 5) is 11.7. The van der Waals surface area contributed by atoms with Crippen molar-refractivity contribution in [2.24, 2.45) is 0 Å². The monoisotopic (exact) mass is 509 g/mol. The van der Waals surface area contributed by atoms with Crippen molar-refractivity contribution in [2.45, 2.75) is 0 Å². The van der Waals surface area contributed by atoms with Crippen molar-refractivity contribution in [3.05, 3.63) is 49.1 Å². The number of nitrogens with one attached hydrogen (secondary N) is 1. The molecule has 0 saturated heterocycles. The van der Waals surface area contributed by atoms with Crippen molar-refractivity contribution < 1.29 is 14.3 Å². The number of amides is 1. The lowest BCUT2D eigenvalue weighted by atomic mass is 10.2. The number of carbonyl (C=O) groups excluding carboxylic acids is 1. The third-order valence-electron chi connectivity index (χ3n) is 2.77. The van der Waals surface area contributed by atoms with Gasteiger partial charge in [0.25, 0.3) is 5.91 Å². The molecule has 1 N–H and O–H groups in total. The summed E-state index contributed by atoms with van der Waals surface area (Å²) in [5.74, 6) is 2.14. The Balaban J connectivity index is 2.29. The molecule has 0 aromatic heterocycles. The summed E-state index contributed by atoms with van der Waals surface area (Å²) in [6.07, 6.45) is 0. The fraction of sp³-hybridized carbons (Fsp3) is 0.133. The van der Waals surface area contributed by atoms with Crippen LogP contribution in [0.25, 0.3) is 0 Å². The van der Waals surface area contributed by atoms with E-state index in [2.05, 4.69) is 50.5 Å². The molecule has 4 nitrogen and oxygen atoms in total. The van der Waals surface area contributed by atoms with Gasteiger partial charge in [-0.1, -0.05) is 0 Å². The minimum atomic E-state index is -0.109. The van der Waals surface area contributed by atoms with Crippen molar-refractivity contribution >= 4 is 51.1 Å². The fourth-order valence-corrected chi connectivity index (χ4v) is 3.68. The van der Waals surface area contributed by atoms with Crippen LogP contribution in [-0.2, 0) is 0 Å². The van der Waals surface area contributed by atoms with Crippen molar-refractivity contribution in [1.82, 2.24) is 5.32 Å². The lowest BCUT2D eigenvalue weighted by Gasteiger charge is -2.12. The number of halogens is 2. The SMILES string of the molecule is CNC(=O)c1cc(I)c(Oc2ccc(OC)cc2)c(I)c1. The Bertz CT molecular complexity index is 633. The van der Waals surface area contributed by atoms with Gasteiger partial charge < -0.3 is 14.8 Å². The maximum absolute atomic E-state index is 11.7. The van der Waals surface area contributed by atoms with Crippen LogP contribution < -0.4 is 14.8 Å². The first-order valence-electron chi connectivity index (χ1n) is 6.08.